The van der Waals surface area contributed by atoms with Gasteiger partial charge in [-0.1, -0.05) is 82.4 Å². The number of ether oxygens (including phenoxy) is 3. The number of hydrogen-bond donors (Lipinski definition) is 0. The predicted octanol–water partition coefficient (Wildman–Crippen LogP) is 6.49. The zero-order valence-corrected chi connectivity index (χ0v) is 21.0. The third-order valence-corrected chi connectivity index (χ3v) is 12.1. The first-order chi connectivity index (χ1) is 15.2. The van der Waals surface area contributed by atoms with E-state index in [1.165, 1.54) is 11.1 Å². The molecule has 1 atom stereocenters. The number of hydrogen-bond acceptors (Lipinski definition) is 4. The molecular formula is C27H36O4Si. The molecule has 0 unspecified atom stereocenters. The standard InChI is InChI=1S/C27H36O4Si/c1-27(2,3)32(4,5)20-25(26(28)30-19-21-9-7-6-8-10-21)31-24-13-11-22(12-14-24)23-15-17-29-18-16-23/h6-15,25H,16-20H2,1-5H3/t25-/m0/s1. The summed E-state index contributed by atoms with van der Waals surface area (Å²) in [5.74, 6) is 0.400. The maximum atomic E-state index is 13.1. The lowest BCUT2D eigenvalue weighted by molar-refractivity contribution is -0.152. The number of benzene rings is 2. The molecule has 2 aromatic carbocycles. The van der Waals surface area contributed by atoms with Crippen molar-refractivity contribution in [2.45, 2.75) is 64.1 Å². The van der Waals surface area contributed by atoms with Gasteiger partial charge in [-0.15, -0.1) is 0 Å². The number of rotatable bonds is 8. The molecule has 32 heavy (non-hydrogen) atoms. The summed E-state index contributed by atoms with van der Waals surface area (Å²) in [6, 6.07) is 18.5. The average molecular weight is 453 g/mol. The average Bonchev–Trinajstić information content (AvgIpc) is 2.78. The molecular weight excluding hydrogens is 416 g/mol. The summed E-state index contributed by atoms with van der Waals surface area (Å²) in [7, 11) is -1.78. The highest BCUT2D eigenvalue weighted by Crippen LogP contribution is 2.40. The van der Waals surface area contributed by atoms with Gasteiger partial charge in [-0.25, -0.2) is 4.79 Å². The van der Waals surface area contributed by atoms with Gasteiger partial charge in [0, 0.05) is 0 Å². The first kappa shape index (κ1) is 24.3. The summed E-state index contributed by atoms with van der Waals surface area (Å²) in [5, 5.41) is 0.147. The molecule has 2 aromatic rings. The molecule has 3 rings (SSSR count). The highest BCUT2D eigenvalue weighted by molar-refractivity contribution is 6.80. The van der Waals surface area contributed by atoms with Crippen molar-refractivity contribution in [3.05, 3.63) is 71.8 Å². The Morgan fingerprint density at radius 3 is 2.34 bits per heavy atom. The van der Waals surface area contributed by atoms with E-state index in [9.17, 15) is 4.79 Å². The molecule has 0 aromatic heterocycles. The van der Waals surface area contributed by atoms with Crippen LogP contribution in [0.4, 0.5) is 0 Å². The van der Waals surface area contributed by atoms with Gasteiger partial charge in [0.25, 0.3) is 0 Å². The van der Waals surface area contributed by atoms with Gasteiger partial charge < -0.3 is 14.2 Å². The molecule has 5 heteroatoms. The second-order valence-corrected chi connectivity index (χ2v) is 15.8. The van der Waals surface area contributed by atoms with E-state index >= 15 is 0 Å². The van der Waals surface area contributed by atoms with Gasteiger partial charge in [-0.3, -0.25) is 0 Å². The summed E-state index contributed by atoms with van der Waals surface area (Å²) in [4.78, 5) is 13.1. The molecule has 0 spiro atoms. The van der Waals surface area contributed by atoms with Crippen LogP contribution in [-0.4, -0.2) is 33.4 Å². The predicted molar refractivity (Wildman–Crippen MR) is 133 cm³/mol. The topological polar surface area (TPSA) is 44.8 Å². The van der Waals surface area contributed by atoms with Crippen LogP contribution in [0.1, 0.15) is 38.3 Å². The molecule has 4 nitrogen and oxygen atoms in total. The number of carbonyl (C=O) groups is 1. The van der Waals surface area contributed by atoms with Gasteiger partial charge in [0.05, 0.1) is 21.3 Å². The molecule has 0 amide bonds. The van der Waals surface area contributed by atoms with Crippen molar-refractivity contribution >= 4 is 19.6 Å². The van der Waals surface area contributed by atoms with Crippen molar-refractivity contribution in [2.24, 2.45) is 0 Å². The van der Waals surface area contributed by atoms with Gasteiger partial charge >= 0.3 is 5.97 Å². The van der Waals surface area contributed by atoms with Crippen molar-refractivity contribution in [1.29, 1.82) is 0 Å². The van der Waals surface area contributed by atoms with Crippen molar-refractivity contribution in [2.75, 3.05) is 13.2 Å². The molecule has 0 aliphatic carbocycles. The van der Waals surface area contributed by atoms with Crippen molar-refractivity contribution in [3.8, 4) is 5.75 Å². The smallest absolute Gasteiger partial charge is 0.347 e. The molecule has 0 bridgehead atoms. The van der Waals surface area contributed by atoms with E-state index in [4.69, 9.17) is 14.2 Å². The molecule has 1 aliphatic heterocycles. The fraction of sp³-hybridized carbons (Fsp3) is 0.444. The monoisotopic (exact) mass is 452 g/mol. The van der Waals surface area contributed by atoms with E-state index < -0.39 is 14.2 Å². The second kappa shape index (κ2) is 10.5. The zero-order chi connectivity index (χ0) is 23.2. The highest BCUT2D eigenvalue weighted by Gasteiger charge is 2.40. The van der Waals surface area contributed by atoms with Crippen LogP contribution >= 0.6 is 0 Å². The second-order valence-electron chi connectivity index (χ2n) is 10.1. The van der Waals surface area contributed by atoms with E-state index in [2.05, 4.69) is 52.1 Å². The lowest BCUT2D eigenvalue weighted by Gasteiger charge is -2.38. The minimum absolute atomic E-state index is 0.147. The summed E-state index contributed by atoms with van der Waals surface area (Å²) >= 11 is 0. The van der Waals surface area contributed by atoms with E-state index in [1.54, 1.807) is 0 Å². The van der Waals surface area contributed by atoms with E-state index in [1.807, 2.05) is 42.5 Å². The number of carbonyl (C=O) groups excluding carboxylic acids is 1. The molecule has 172 valence electrons. The molecule has 1 heterocycles. The maximum Gasteiger partial charge on any atom is 0.347 e. The summed E-state index contributed by atoms with van der Waals surface area (Å²) in [6.07, 6.45) is 2.42. The van der Waals surface area contributed by atoms with Crippen molar-refractivity contribution in [1.82, 2.24) is 0 Å². The van der Waals surface area contributed by atoms with Crippen LogP contribution in [0.2, 0.25) is 24.2 Å². The van der Waals surface area contributed by atoms with Gasteiger partial charge in [-0.2, -0.15) is 0 Å². The van der Waals surface area contributed by atoms with Gasteiger partial charge in [0.15, 0.2) is 6.10 Å². The first-order valence-electron chi connectivity index (χ1n) is 11.4. The fourth-order valence-corrected chi connectivity index (χ4v) is 5.25. The van der Waals surface area contributed by atoms with Crippen LogP contribution in [-0.2, 0) is 20.9 Å². The number of esters is 1. The van der Waals surface area contributed by atoms with Gasteiger partial charge in [0.2, 0.25) is 0 Å². The molecule has 0 saturated heterocycles. The van der Waals surface area contributed by atoms with Crippen LogP contribution in [0.25, 0.3) is 5.57 Å². The Hall–Kier alpha value is -2.37. The zero-order valence-electron chi connectivity index (χ0n) is 20.0. The lowest BCUT2D eigenvalue weighted by Crippen LogP contribution is -2.44. The third kappa shape index (κ3) is 6.56. The van der Waals surface area contributed by atoms with Crippen LogP contribution in [0.15, 0.2) is 60.7 Å². The quantitative estimate of drug-likeness (QED) is 0.339. The summed E-state index contributed by atoms with van der Waals surface area (Å²) in [5.41, 5.74) is 3.44. The lowest BCUT2D eigenvalue weighted by atomic mass is 10.0. The normalized spacial score (nSPS) is 15.6. The van der Waals surface area contributed by atoms with Crippen molar-refractivity contribution in [3.63, 3.8) is 0 Å². The maximum absolute atomic E-state index is 13.1. The first-order valence-corrected chi connectivity index (χ1v) is 14.6. The Morgan fingerprint density at radius 2 is 1.75 bits per heavy atom. The highest BCUT2D eigenvalue weighted by atomic mass is 28.3. The van der Waals surface area contributed by atoms with E-state index in [0.29, 0.717) is 18.4 Å². The van der Waals surface area contributed by atoms with Crippen LogP contribution in [0.3, 0.4) is 0 Å². The van der Waals surface area contributed by atoms with Gasteiger partial charge in [0.1, 0.15) is 12.4 Å². The molecule has 0 saturated carbocycles. The van der Waals surface area contributed by atoms with Crippen molar-refractivity contribution < 1.29 is 19.0 Å². The van der Waals surface area contributed by atoms with Crippen LogP contribution in [0.5, 0.6) is 5.75 Å². The summed E-state index contributed by atoms with van der Waals surface area (Å²) in [6.45, 7) is 13.1. The minimum atomic E-state index is -1.78. The molecule has 1 aliphatic rings. The van der Waals surface area contributed by atoms with Gasteiger partial charge in [-0.05, 0) is 46.3 Å². The van der Waals surface area contributed by atoms with Crippen LogP contribution < -0.4 is 4.74 Å². The molecule has 0 N–H and O–H groups in total. The fourth-order valence-electron chi connectivity index (χ4n) is 3.47. The third-order valence-electron chi connectivity index (χ3n) is 6.68. The van der Waals surface area contributed by atoms with E-state index in [-0.39, 0.29) is 17.6 Å². The van der Waals surface area contributed by atoms with E-state index in [0.717, 1.165) is 18.6 Å². The Morgan fingerprint density at radius 1 is 1.06 bits per heavy atom. The SMILES string of the molecule is CC(C)(C)[Si](C)(C)C[C@H](Oc1ccc(C2=CCOCC2)cc1)C(=O)OCc1ccccc1. The Kier molecular flexibility index (Phi) is 7.96. The molecule has 0 radical (unpaired) electrons. The van der Waals surface area contributed by atoms with Crippen LogP contribution in [0, 0.1) is 0 Å². The Bertz CT molecular complexity index is 911. The minimum Gasteiger partial charge on any atom is -0.479 e. The Balaban J connectivity index is 1.73. The molecule has 0 fully saturated rings. The largest absolute Gasteiger partial charge is 0.479 e. The Labute approximate surface area is 193 Å². The summed E-state index contributed by atoms with van der Waals surface area (Å²) < 4.78 is 17.3.